The van der Waals surface area contributed by atoms with Crippen LogP contribution in [0, 0.1) is 0 Å². The van der Waals surface area contributed by atoms with E-state index in [0.717, 1.165) is 12.4 Å². The van der Waals surface area contributed by atoms with E-state index in [1.54, 1.807) is 0 Å². The van der Waals surface area contributed by atoms with Crippen molar-refractivity contribution in [2.45, 2.75) is 17.7 Å². The molecular formula is C26H35N5O12S. The first-order valence-corrected chi connectivity index (χ1v) is 14.8. The number of benzene rings is 1. The number of carboxylic acids is 2. The lowest BCUT2D eigenvalue weighted by Gasteiger charge is -2.09. The van der Waals surface area contributed by atoms with Crippen LogP contribution < -0.4 is 15.4 Å². The van der Waals surface area contributed by atoms with E-state index in [4.69, 9.17) is 29.2 Å². The minimum absolute atomic E-state index is 0.0586. The number of ether oxygens (including phenoxy) is 4. The Morgan fingerprint density at radius 3 is 1.89 bits per heavy atom. The van der Waals surface area contributed by atoms with E-state index in [0.29, 0.717) is 5.56 Å². The van der Waals surface area contributed by atoms with Crippen LogP contribution >= 0.6 is 0 Å². The van der Waals surface area contributed by atoms with Gasteiger partial charge in [-0.3, -0.25) is 14.4 Å². The van der Waals surface area contributed by atoms with Gasteiger partial charge in [-0.25, -0.2) is 27.9 Å². The lowest BCUT2D eigenvalue weighted by Crippen LogP contribution is -2.31. The van der Waals surface area contributed by atoms with Crippen LogP contribution in [0.1, 0.15) is 22.3 Å². The molecule has 2 rings (SSSR count). The van der Waals surface area contributed by atoms with Gasteiger partial charge in [0.25, 0.3) is 15.9 Å². The molecular weight excluding hydrogens is 606 g/mol. The van der Waals surface area contributed by atoms with Crippen LogP contribution in [0.2, 0.25) is 0 Å². The molecule has 17 nitrogen and oxygen atoms in total. The smallest absolute Gasteiger partial charge is 0.329 e. The monoisotopic (exact) mass is 641 g/mol. The standard InChI is InChI=1S/C26H35N5O12S/c32-22(27-7-9-40-12-14-43-18-24(35)36)17-42-13-11-41-10-8-28-25(37)20-15-29-26(30-16-20)31-44(38,39)21-4-1-19(2-5-21)3-6-23(33)34/h1-2,4-5,15-16H,3,6-14,17-18H2,(H,27,32)(H,28,37)(H,33,34)(H,35,36)(H,29,30,31). The summed E-state index contributed by atoms with van der Waals surface area (Å²) < 4.78 is 47.9. The van der Waals surface area contributed by atoms with E-state index in [1.165, 1.54) is 24.3 Å². The van der Waals surface area contributed by atoms with Crippen LogP contribution in [0.3, 0.4) is 0 Å². The molecule has 0 saturated carbocycles. The average Bonchev–Trinajstić information content (AvgIpc) is 2.98. The highest BCUT2D eigenvalue weighted by atomic mass is 32.2. The zero-order valence-corrected chi connectivity index (χ0v) is 24.5. The number of carbonyl (C=O) groups is 4. The summed E-state index contributed by atoms with van der Waals surface area (Å²) in [5.41, 5.74) is 0.777. The summed E-state index contributed by atoms with van der Waals surface area (Å²) in [4.78, 5) is 52.6. The number of hydrogen-bond donors (Lipinski definition) is 5. The van der Waals surface area contributed by atoms with Gasteiger partial charge in [0.05, 0.1) is 50.1 Å². The third kappa shape index (κ3) is 15.3. The molecule has 0 spiro atoms. The molecule has 1 heterocycles. The first-order valence-electron chi connectivity index (χ1n) is 13.3. The van der Waals surface area contributed by atoms with Crippen molar-refractivity contribution in [2.24, 2.45) is 0 Å². The van der Waals surface area contributed by atoms with Crippen LogP contribution in [0.25, 0.3) is 0 Å². The first-order chi connectivity index (χ1) is 21.1. The van der Waals surface area contributed by atoms with Crippen molar-refractivity contribution in [2.75, 3.05) is 70.7 Å². The first kappa shape index (κ1) is 36.0. The molecule has 0 aliphatic rings. The number of amides is 2. The quantitative estimate of drug-likeness (QED) is 0.0942. The summed E-state index contributed by atoms with van der Waals surface area (Å²) in [6, 6.07) is 5.74. The number of nitrogens with zero attached hydrogens (tertiary/aromatic N) is 2. The second-order valence-corrected chi connectivity index (χ2v) is 10.5. The molecule has 2 amide bonds. The molecule has 0 unspecified atom stereocenters. The number of carboxylic acid groups (broad SMARTS) is 2. The number of carbonyl (C=O) groups excluding carboxylic acids is 2. The van der Waals surface area contributed by atoms with Gasteiger partial charge in [-0.15, -0.1) is 0 Å². The van der Waals surface area contributed by atoms with E-state index < -0.39 is 34.5 Å². The summed E-state index contributed by atoms with van der Waals surface area (Å²) in [7, 11) is -4.00. The average molecular weight is 642 g/mol. The Bertz CT molecular complexity index is 1310. The minimum atomic E-state index is -4.00. The molecule has 0 aliphatic heterocycles. The topological polar surface area (TPSA) is 242 Å². The van der Waals surface area contributed by atoms with Gasteiger partial charge < -0.3 is 39.8 Å². The molecule has 18 heteroatoms. The maximum atomic E-state index is 12.6. The molecule has 44 heavy (non-hydrogen) atoms. The summed E-state index contributed by atoms with van der Waals surface area (Å²) in [6.45, 7) is 0.946. The number of nitrogens with one attached hydrogen (secondary N) is 3. The molecule has 0 radical (unpaired) electrons. The lowest BCUT2D eigenvalue weighted by molar-refractivity contribution is -0.142. The number of sulfonamides is 1. The Labute approximate surface area is 253 Å². The van der Waals surface area contributed by atoms with Crippen LogP contribution in [-0.4, -0.2) is 118 Å². The highest BCUT2D eigenvalue weighted by Crippen LogP contribution is 2.15. The van der Waals surface area contributed by atoms with Crippen molar-refractivity contribution >= 4 is 39.7 Å². The molecule has 5 N–H and O–H groups in total. The van der Waals surface area contributed by atoms with Crippen molar-refractivity contribution in [3.63, 3.8) is 0 Å². The highest BCUT2D eigenvalue weighted by molar-refractivity contribution is 7.92. The fraction of sp³-hybridized carbons (Fsp3) is 0.462. The van der Waals surface area contributed by atoms with Crippen molar-refractivity contribution in [1.82, 2.24) is 20.6 Å². The highest BCUT2D eigenvalue weighted by Gasteiger charge is 2.16. The van der Waals surface area contributed by atoms with E-state index in [1.807, 2.05) is 0 Å². The Morgan fingerprint density at radius 2 is 1.30 bits per heavy atom. The van der Waals surface area contributed by atoms with Crippen LogP contribution in [-0.2, 0) is 49.8 Å². The minimum Gasteiger partial charge on any atom is -0.481 e. The molecule has 242 valence electrons. The van der Waals surface area contributed by atoms with Gasteiger partial charge in [0.15, 0.2) is 0 Å². The van der Waals surface area contributed by atoms with E-state index in [2.05, 4.69) is 25.3 Å². The maximum absolute atomic E-state index is 12.6. The third-order valence-electron chi connectivity index (χ3n) is 5.30. The van der Waals surface area contributed by atoms with Crippen LogP contribution in [0.4, 0.5) is 5.95 Å². The van der Waals surface area contributed by atoms with Crippen molar-refractivity contribution in [3.05, 3.63) is 47.8 Å². The largest absolute Gasteiger partial charge is 0.481 e. The van der Waals surface area contributed by atoms with Crippen LogP contribution in [0.15, 0.2) is 41.6 Å². The number of aromatic nitrogens is 2. The molecule has 0 atom stereocenters. The zero-order valence-electron chi connectivity index (χ0n) is 23.7. The second kappa shape index (κ2) is 19.9. The predicted octanol–water partition coefficient (Wildman–Crippen LogP) is -0.708. The molecule has 1 aromatic heterocycles. The number of aryl methyl sites for hydroxylation is 1. The van der Waals surface area contributed by atoms with E-state index >= 15 is 0 Å². The molecule has 0 saturated heterocycles. The molecule has 2 aromatic rings. The van der Waals surface area contributed by atoms with Gasteiger partial charge in [-0.2, -0.15) is 0 Å². The fourth-order valence-electron chi connectivity index (χ4n) is 3.18. The third-order valence-corrected chi connectivity index (χ3v) is 6.65. The van der Waals surface area contributed by atoms with E-state index in [-0.39, 0.29) is 94.5 Å². The number of anilines is 1. The van der Waals surface area contributed by atoms with Gasteiger partial charge in [-0.05, 0) is 24.1 Å². The summed E-state index contributed by atoms with van der Waals surface area (Å²) >= 11 is 0. The van der Waals surface area contributed by atoms with E-state index in [9.17, 15) is 27.6 Å². The Hall–Kier alpha value is -4.23. The summed E-state index contributed by atoms with van der Waals surface area (Å²) in [6.07, 6.45) is 2.53. The van der Waals surface area contributed by atoms with Crippen molar-refractivity contribution in [1.29, 1.82) is 0 Å². The Morgan fingerprint density at radius 1 is 0.727 bits per heavy atom. The molecule has 0 bridgehead atoms. The lowest BCUT2D eigenvalue weighted by atomic mass is 10.1. The normalized spacial score (nSPS) is 11.1. The summed E-state index contributed by atoms with van der Waals surface area (Å²) in [5.74, 6) is -3.08. The SMILES string of the molecule is O=C(O)CCc1ccc(S(=O)(=O)Nc2ncc(C(=O)NCCOCCOCC(=O)NCCOCCOCC(=O)O)cn2)cc1. The fourth-order valence-corrected chi connectivity index (χ4v) is 4.14. The van der Waals surface area contributed by atoms with Crippen LogP contribution in [0.5, 0.6) is 0 Å². The number of aliphatic carboxylic acids is 2. The molecule has 0 fully saturated rings. The molecule has 1 aromatic carbocycles. The van der Waals surface area contributed by atoms with Gasteiger partial charge in [0.1, 0.15) is 13.2 Å². The second-order valence-electron chi connectivity index (χ2n) is 8.77. The Kier molecular flexibility index (Phi) is 16.2. The zero-order chi connectivity index (χ0) is 32.2. The summed E-state index contributed by atoms with van der Waals surface area (Å²) in [5, 5.41) is 22.4. The van der Waals surface area contributed by atoms with Gasteiger partial charge in [-0.1, -0.05) is 12.1 Å². The Balaban J connectivity index is 1.55. The van der Waals surface area contributed by atoms with Crippen molar-refractivity contribution in [3.8, 4) is 0 Å². The van der Waals surface area contributed by atoms with Gasteiger partial charge >= 0.3 is 11.9 Å². The van der Waals surface area contributed by atoms with Gasteiger partial charge in [0, 0.05) is 31.9 Å². The maximum Gasteiger partial charge on any atom is 0.329 e. The molecule has 0 aliphatic carbocycles. The number of hydrogen-bond acceptors (Lipinski definition) is 12. The van der Waals surface area contributed by atoms with Crippen molar-refractivity contribution < 1.29 is 56.8 Å². The predicted molar refractivity (Wildman–Crippen MR) is 151 cm³/mol. The number of rotatable bonds is 23. The van der Waals surface area contributed by atoms with Gasteiger partial charge in [0.2, 0.25) is 11.9 Å².